The molecule has 37 heavy (non-hydrogen) atoms. The molecule has 1 aliphatic rings. The average molecular weight is 500 g/mol. The highest BCUT2D eigenvalue weighted by Gasteiger charge is 2.47. The Kier molecular flexibility index (Phi) is 7.29. The summed E-state index contributed by atoms with van der Waals surface area (Å²) in [6, 6.07) is 20.0. The van der Waals surface area contributed by atoms with Crippen molar-refractivity contribution >= 4 is 40.4 Å². The lowest BCUT2D eigenvalue weighted by molar-refractivity contribution is -0.132. The summed E-state index contributed by atoms with van der Waals surface area (Å²) < 4.78 is 5.55. The molecule has 3 aromatic rings. The van der Waals surface area contributed by atoms with Gasteiger partial charge in [-0.2, -0.15) is 0 Å². The number of rotatable bonds is 7. The molecule has 1 aliphatic heterocycles. The molecule has 2 amide bonds. The van der Waals surface area contributed by atoms with Crippen LogP contribution in [0.3, 0.4) is 0 Å². The first kappa shape index (κ1) is 25.5. The van der Waals surface area contributed by atoms with Crippen molar-refractivity contribution < 1.29 is 24.2 Å². The van der Waals surface area contributed by atoms with Crippen LogP contribution in [-0.2, 0) is 14.4 Å². The lowest BCUT2D eigenvalue weighted by Gasteiger charge is -2.26. The smallest absolute Gasteiger partial charge is 0.300 e. The van der Waals surface area contributed by atoms with E-state index in [0.717, 1.165) is 5.69 Å². The summed E-state index contributed by atoms with van der Waals surface area (Å²) in [6.45, 7) is 3.68. The Labute approximate surface area is 215 Å². The number of ether oxygens (including phenoxy) is 1. The molecule has 0 aliphatic carbocycles. The molecule has 0 radical (unpaired) electrons. The van der Waals surface area contributed by atoms with Crippen LogP contribution in [0.1, 0.15) is 31.0 Å². The highest BCUT2D eigenvalue weighted by atomic mass is 16.5. The number of aliphatic hydroxyl groups excluding tert-OH is 1. The minimum Gasteiger partial charge on any atom is -0.507 e. The van der Waals surface area contributed by atoms with Gasteiger partial charge in [-0.3, -0.25) is 19.3 Å². The quantitative estimate of drug-likeness (QED) is 0.277. The van der Waals surface area contributed by atoms with E-state index in [1.54, 1.807) is 48.5 Å². The fourth-order valence-electron chi connectivity index (χ4n) is 4.36. The molecule has 1 fully saturated rings. The number of hydrogen-bond donors (Lipinski definition) is 2. The van der Waals surface area contributed by atoms with Crippen LogP contribution in [0.25, 0.3) is 5.76 Å². The molecule has 1 unspecified atom stereocenters. The number of nitrogens with zero attached hydrogens (tertiary/aromatic N) is 2. The van der Waals surface area contributed by atoms with Gasteiger partial charge in [-0.25, -0.2) is 0 Å². The van der Waals surface area contributed by atoms with Crippen LogP contribution in [0.15, 0.2) is 78.4 Å². The summed E-state index contributed by atoms with van der Waals surface area (Å²) in [5, 5.41) is 14.1. The number of benzene rings is 3. The number of Topliss-reactive ketones (excluding diaryl/α,β-unsaturated/α-hetero) is 1. The van der Waals surface area contributed by atoms with Gasteiger partial charge in [0.15, 0.2) is 0 Å². The molecule has 190 valence electrons. The molecule has 8 nitrogen and oxygen atoms in total. The third-order valence-electron chi connectivity index (χ3n) is 6.03. The Bertz CT molecular complexity index is 1380. The second kappa shape index (κ2) is 10.6. The molecule has 4 rings (SSSR count). The lowest BCUT2D eigenvalue weighted by atomic mass is 9.94. The van der Waals surface area contributed by atoms with Gasteiger partial charge in [0.1, 0.15) is 11.5 Å². The summed E-state index contributed by atoms with van der Waals surface area (Å²) in [4.78, 5) is 41.7. The maximum atomic E-state index is 13.4. The van der Waals surface area contributed by atoms with E-state index in [2.05, 4.69) is 5.32 Å². The normalized spacial score (nSPS) is 16.5. The summed E-state index contributed by atoms with van der Waals surface area (Å²) >= 11 is 0. The number of anilines is 3. The van der Waals surface area contributed by atoms with Gasteiger partial charge in [0, 0.05) is 43.6 Å². The van der Waals surface area contributed by atoms with Crippen molar-refractivity contribution in [3.05, 3.63) is 89.5 Å². The van der Waals surface area contributed by atoms with E-state index < -0.39 is 17.7 Å². The van der Waals surface area contributed by atoms with Crippen LogP contribution < -0.4 is 19.9 Å². The molecule has 1 atom stereocenters. The van der Waals surface area contributed by atoms with Crippen molar-refractivity contribution in [1.82, 2.24) is 0 Å². The van der Waals surface area contributed by atoms with E-state index in [0.29, 0.717) is 34.9 Å². The standard InChI is InChI=1S/C29H29N3O5/c1-5-37-24-11-6-8-20(16-24)27(34)25-26(19-12-14-22(15-13-19)31(3)4)32(29(36)28(25)35)23-10-7-9-21(17-23)30-18(2)33/h6-17,26,34H,5H2,1-4H3,(H,30,33)/b27-25+. The van der Waals surface area contributed by atoms with Gasteiger partial charge in [0.05, 0.1) is 18.2 Å². The number of hydrogen-bond acceptors (Lipinski definition) is 6. The van der Waals surface area contributed by atoms with Crippen LogP contribution in [0, 0.1) is 0 Å². The Hall–Kier alpha value is -4.59. The maximum absolute atomic E-state index is 13.4. The highest BCUT2D eigenvalue weighted by molar-refractivity contribution is 6.51. The van der Waals surface area contributed by atoms with Gasteiger partial charge in [0.2, 0.25) is 5.91 Å². The highest BCUT2D eigenvalue weighted by Crippen LogP contribution is 2.43. The Morgan fingerprint density at radius 2 is 1.73 bits per heavy atom. The molecule has 0 bridgehead atoms. The van der Waals surface area contributed by atoms with E-state index >= 15 is 0 Å². The third kappa shape index (κ3) is 5.18. The zero-order valence-corrected chi connectivity index (χ0v) is 21.2. The number of ketones is 1. The second-order valence-corrected chi connectivity index (χ2v) is 8.85. The number of aliphatic hydroxyl groups is 1. The third-order valence-corrected chi connectivity index (χ3v) is 6.03. The summed E-state index contributed by atoms with van der Waals surface area (Å²) in [5.74, 6) is -1.59. The van der Waals surface area contributed by atoms with Crippen molar-refractivity contribution in [1.29, 1.82) is 0 Å². The summed E-state index contributed by atoms with van der Waals surface area (Å²) in [7, 11) is 3.83. The van der Waals surface area contributed by atoms with Crippen LogP contribution in [-0.4, -0.2) is 43.4 Å². The zero-order valence-electron chi connectivity index (χ0n) is 21.2. The topological polar surface area (TPSA) is 99.2 Å². The largest absolute Gasteiger partial charge is 0.507 e. The first-order valence-electron chi connectivity index (χ1n) is 11.9. The second-order valence-electron chi connectivity index (χ2n) is 8.85. The van der Waals surface area contributed by atoms with E-state index in [4.69, 9.17) is 4.74 Å². The van der Waals surface area contributed by atoms with Gasteiger partial charge in [-0.15, -0.1) is 0 Å². The molecular formula is C29H29N3O5. The fraction of sp³-hybridized carbons (Fsp3) is 0.207. The first-order valence-corrected chi connectivity index (χ1v) is 11.9. The van der Waals surface area contributed by atoms with Crippen LogP contribution in [0.4, 0.5) is 17.1 Å². The van der Waals surface area contributed by atoms with E-state index in [1.807, 2.05) is 50.2 Å². The molecule has 3 aromatic carbocycles. The van der Waals surface area contributed by atoms with Crippen molar-refractivity contribution in [3.63, 3.8) is 0 Å². The molecule has 0 aromatic heterocycles. The maximum Gasteiger partial charge on any atom is 0.300 e. The van der Waals surface area contributed by atoms with Gasteiger partial charge < -0.3 is 20.1 Å². The van der Waals surface area contributed by atoms with Crippen molar-refractivity contribution in [2.24, 2.45) is 0 Å². The average Bonchev–Trinajstić information content (AvgIpc) is 3.14. The van der Waals surface area contributed by atoms with Gasteiger partial charge >= 0.3 is 0 Å². The van der Waals surface area contributed by atoms with Crippen molar-refractivity contribution in [2.45, 2.75) is 19.9 Å². The molecule has 0 spiro atoms. The van der Waals surface area contributed by atoms with E-state index in [-0.39, 0.29) is 17.2 Å². The van der Waals surface area contributed by atoms with Crippen LogP contribution >= 0.6 is 0 Å². The molecule has 0 saturated carbocycles. The van der Waals surface area contributed by atoms with E-state index in [1.165, 1.54) is 11.8 Å². The molecule has 1 heterocycles. The van der Waals surface area contributed by atoms with Gasteiger partial charge in [-0.1, -0.05) is 30.3 Å². The van der Waals surface area contributed by atoms with Crippen LogP contribution in [0.2, 0.25) is 0 Å². The number of carbonyl (C=O) groups is 3. The van der Waals surface area contributed by atoms with E-state index in [9.17, 15) is 19.5 Å². The monoisotopic (exact) mass is 499 g/mol. The lowest BCUT2D eigenvalue weighted by Crippen LogP contribution is -2.29. The predicted molar refractivity (Wildman–Crippen MR) is 144 cm³/mol. The van der Waals surface area contributed by atoms with Gasteiger partial charge in [-0.05, 0) is 55.0 Å². The minimum atomic E-state index is -0.889. The predicted octanol–water partition coefficient (Wildman–Crippen LogP) is 4.74. The van der Waals surface area contributed by atoms with Crippen molar-refractivity contribution in [3.8, 4) is 5.75 Å². The molecule has 8 heteroatoms. The van der Waals surface area contributed by atoms with Crippen molar-refractivity contribution in [2.75, 3.05) is 35.8 Å². The molecule has 2 N–H and O–H groups in total. The Morgan fingerprint density at radius 3 is 2.38 bits per heavy atom. The summed E-state index contributed by atoms with van der Waals surface area (Å²) in [5.41, 5.74) is 2.83. The van der Waals surface area contributed by atoms with Gasteiger partial charge in [0.25, 0.3) is 11.7 Å². The molecular weight excluding hydrogens is 470 g/mol. The summed E-state index contributed by atoms with van der Waals surface area (Å²) in [6.07, 6.45) is 0. The molecule has 1 saturated heterocycles. The van der Waals surface area contributed by atoms with Crippen LogP contribution in [0.5, 0.6) is 5.75 Å². The Balaban J connectivity index is 1.90. The zero-order chi connectivity index (χ0) is 26.7. The Morgan fingerprint density at radius 1 is 1.03 bits per heavy atom. The first-order chi connectivity index (χ1) is 17.7. The number of nitrogens with one attached hydrogen (secondary N) is 1. The fourth-order valence-corrected chi connectivity index (χ4v) is 4.36. The minimum absolute atomic E-state index is 0.0267. The SMILES string of the molecule is CCOc1cccc(/C(O)=C2\C(=O)C(=O)N(c3cccc(NC(C)=O)c3)C2c2ccc(N(C)C)cc2)c1. The number of carbonyl (C=O) groups excluding carboxylic acids is 3. The number of amides is 2.